The van der Waals surface area contributed by atoms with Crippen molar-refractivity contribution in [2.75, 3.05) is 12.4 Å². The van der Waals surface area contributed by atoms with E-state index in [9.17, 15) is 4.21 Å². The van der Waals surface area contributed by atoms with Crippen LogP contribution in [-0.4, -0.2) is 22.7 Å². The van der Waals surface area contributed by atoms with Crippen LogP contribution in [0.4, 0.5) is 0 Å². The van der Waals surface area contributed by atoms with E-state index in [4.69, 9.17) is 4.74 Å². The van der Waals surface area contributed by atoms with E-state index < -0.39 is 10.8 Å². The van der Waals surface area contributed by atoms with Crippen molar-refractivity contribution >= 4 is 10.8 Å². The summed E-state index contributed by atoms with van der Waals surface area (Å²) >= 11 is 0. The van der Waals surface area contributed by atoms with Crippen LogP contribution in [0.25, 0.3) is 0 Å². The standard InChI is InChI=1S/C14H20O2S/c1-11-4-6-13(7-5-11)17(15)9-12-8-14(2,3)10-16-12/h4-7,12H,8-10H2,1-3H3/t12-,17-/m1/s1. The molecule has 2 nitrogen and oxygen atoms in total. The summed E-state index contributed by atoms with van der Waals surface area (Å²) in [7, 11) is -0.940. The molecule has 3 heteroatoms. The lowest BCUT2D eigenvalue weighted by Gasteiger charge is -2.13. The third-order valence-electron chi connectivity index (χ3n) is 3.11. The van der Waals surface area contributed by atoms with E-state index in [1.165, 1.54) is 5.56 Å². The van der Waals surface area contributed by atoms with E-state index in [-0.39, 0.29) is 11.5 Å². The van der Waals surface area contributed by atoms with Gasteiger partial charge in [0.25, 0.3) is 0 Å². The second kappa shape index (κ2) is 4.91. The summed E-state index contributed by atoms with van der Waals surface area (Å²) in [6, 6.07) is 7.91. The topological polar surface area (TPSA) is 26.3 Å². The predicted molar refractivity (Wildman–Crippen MR) is 70.6 cm³/mol. The molecule has 0 spiro atoms. The molecule has 1 fully saturated rings. The van der Waals surface area contributed by atoms with Gasteiger partial charge in [-0.3, -0.25) is 4.21 Å². The maximum absolute atomic E-state index is 12.2. The van der Waals surface area contributed by atoms with Gasteiger partial charge in [0.2, 0.25) is 0 Å². The average Bonchev–Trinajstić information content (AvgIpc) is 2.59. The van der Waals surface area contributed by atoms with Crippen molar-refractivity contribution in [3.63, 3.8) is 0 Å². The van der Waals surface area contributed by atoms with E-state index >= 15 is 0 Å². The molecule has 1 aliphatic heterocycles. The smallest absolute Gasteiger partial charge is 0.0700 e. The molecule has 1 aliphatic rings. The Labute approximate surface area is 106 Å². The van der Waals surface area contributed by atoms with E-state index in [2.05, 4.69) is 13.8 Å². The Hall–Kier alpha value is -0.670. The number of benzene rings is 1. The van der Waals surface area contributed by atoms with Crippen LogP contribution in [-0.2, 0) is 15.5 Å². The molecule has 0 unspecified atom stereocenters. The van der Waals surface area contributed by atoms with Gasteiger partial charge in [-0.1, -0.05) is 31.5 Å². The molecule has 2 rings (SSSR count). The number of hydrogen-bond donors (Lipinski definition) is 0. The van der Waals surface area contributed by atoms with Gasteiger partial charge in [0.1, 0.15) is 0 Å². The van der Waals surface area contributed by atoms with Crippen molar-refractivity contribution in [3.05, 3.63) is 29.8 Å². The molecule has 94 valence electrons. The monoisotopic (exact) mass is 252 g/mol. The van der Waals surface area contributed by atoms with Crippen LogP contribution in [0.1, 0.15) is 25.8 Å². The highest BCUT2D eigenvalue weighted by Crippen LogP contribution is 2.32. The van der Waals surface area contributed by atoms with Gasteiger partial charge < -0.3 is 4.74 Å². The zero-order valence-corrected chi connectivity index (χ0v) is 11.5. The third-order valence-corrected chi connectivity index (χ3v) is 4.58. The third kappa shape index (κ3) is 3.39. The van der Waals surface area contributed by atoms with Crippen LogP contribution in [0, 0.1) is 12.3 Å². The molecular formula is C14H20O2S. The molecule has 1 saturated heterocycles. The molecule has 0 aliphatic carbocycles. The van der Waals surface area contributed by atoms with Crippen molar-refractivity contribution < 1.29 is 8.95 Å². The molecule has 0 saturated carbocycles. The average molecular weight is 252 g/mol. The lowest BCUT2D eigenvalue weighted by molar-refractivity contribution is 0.114. The van der Waals surface area contributed by atoms with Crippen molar-refractivity contribution in [2.24, 2.45) is 5.41 Å². The van der Waals surface area contributed by atoms with E-state index in [1.54, 1.807) is 0 Å². The summed E-state index contributed by atoms with van der Waals surface area (Å²) in [5, 5.41) is 0. The Morgan fingerprint density at radius 3 is 2.53 bits per heavy atom. The Morgan fingerprint density at radius 2 is 2.00 bits per heavy atom. The Balaban J connectivity index is 1.96. The van der Waals surface area contributed by atoms with Gasteiger partial charge in [-0.15, -0.1) is 0 Å². The fourth-order valence-electron chi connectivity index (χ4n) is 2.14. The molecule has 1 aromatic rings. The van der Waals surface area contributed by atoms with Gasteiger partial charge in [0.05, 0.1) is 29.3 Å². The second-order valence-electron chi connectivity index (χ2n) is 5.63. The quantitative estimate of drug-likeness (QED) is 0.827. The fourth-order valence-corrected chi connectivity index (χ4v) is 3.32. The summed E-state index contributed by atoms with van der Waals surface area (Å²) in [5.74, 6) is 0.618. The molecule has 0 bridgehead atoms. The highest BCUT2D eigenvalue weighted by molar-refractivity contribution is 7.85. The Morgan fingerprint density at radius 1 is 1.35 bits per heavy atom. The minimum atomic E-state index is -0.940. The summed E-state index contributed by atoms with van der Waals surface area (Å²) in [6.07, 6.45) is 1.15. The van der Waals surface area contributed by atoms with Gasteiger partial charge in [-0.05, 0) is 30.9 Å². The van der Waals surface area contributed by atoms with Gasteiger partial charge in [0, 0.05) is 4.90 Å². The zero-order valence-electron chi connectivity index (χ0n) is 10.7. The van der Waals surface area contributed by atoms with Crippen molar-refractivity contribution in [2.45, 2.75) is 38.2 Å². The van der Waals surface area contributed by atoms with Crippen LogP contribution in [0.2, 0.25) is 0 Å². The molecule has 0 amide bonds. The highest BCUT2D eigenvalue weighted by Gasteiger charge is 2.32. The first-order valence-corrected chi connectivity index (χ1v) is 7.35. The minimum Gasteiger partial charge on any atom is -0.377 e. The molecule has 0 N–H and O–H groups in total. The lowest BCUT2D eigenvalue weighted by Crippen LogP contribution is -2.17. The molecule has 2 atom stereocenters. The Bertz CT molecular complexity index is 409. The summed E-state index contributed by atoms with van der Waals surface area (Å²) in [6.45, 7) is 7.21. The van der Waals surface area contributed by atoms with Crippen molar-refractivity contribution in [1.29, 1.82) is 0 Å². The van der Waals surface area contributed by atoms with Crippen molar-refractivity contribution in [3.8, 4) is 0 Å². The molecule has 0 radical (unpaired) electrons. The maximum atomic E-state index is 12.2. The molecule has 1 heterocycles. The molecular weight excluding hydrogens is 232 g/mol. The number of hydrogen-bond acceptors (Lipinski definition) is 2. The van der Waals surface area contributed by atoms with Gasteiger partial charge >= 0.3 is 0 Å². The fraction of sp³-hybridized carbons (Fsp3) is 0.571. The first-order valence-electron chi connectivity index (χ1n) is 6.03. The normalized spacial score (nSPS) is 24.8. The van der Waals surface area contributed by atoms with Crippen LogP contribution in [0.15, 0.2) is 29.2 Å². The first kappa shape index (κ1) is 12.8. The minimum absolute atomic E-state index is 0.145. The lowest BCUT2D eigenvalue weighted by atomic mass is 9.91. The number of ether oxygens (including phenoxy) is 1. The number of rotatable bonds is 3. The van der Waals surface area contributed by atoms with E-state index in [0.29, 0.717) is 5.75 Å². The van der Waals surface area contributed by atoms with Gasteiger partial charge in [-0.25, -0.2) is 0 Å². The van der Waals surface area contributed by atoms with Crippen LogP contribution >= 0.6 is 0 Å². The van der Waals surface area contributed by atoms with Crippen molar-refractivity contribution in [1.82, 2.24) is 0 Å². The largest absolute Gasteiger partial charge is 0.377 e. The summed E-state index contributed by atoms with van der Waals surface area (Å²) < 4.78 is 17.8. The SMILES string of the molecule is Cc1ccc([S@](=O)C[C@H]2CC(C)(C)CO2)cc1. The van der Waals surface area contributed by atoms with E-state index in [0.717, 1.165) is 17.9 Å². The molecule has 0 aromatic heterocycles. The second-order valence-corrected chi connectivity index (χ2v) is 7.12. The van der Waals surface area contributed by atoms with Gasteiger partial charge in [0.15, 0.2) is 0 Å². The number of aryl methyl sites for hydroxylation is 1. The summed E-state index contributed by atoms with van der Waals surface area (Å²) in [4.78, 5) is 0.906. The molecule has 1 aromatic carbocycles. The predicted octanol–water partition coefficient (Wildman–Crippen LogP) is 2.92. The van der Waals surface area contributed by atoms with Crippen LogP contribution in [0.5, 0.6) is 0 Å². The van der Waals surface area contributed by atoms with Crippen LogP contribution < -0.4 is 0 Å². The maximum Gasteiger partial charge on any atom is 0.0700 e. The molecule has 17 heavy (non-hydrogen) atoms. The highest BCUT2D eigenvalue weighted by atomic mass is 32.2. The van der Waals surface area contributed by atoms with E-state index in [1.807, 2.05) is 31.2 Å². The summed E-state index contributed by atoms with van der Waals surface area (Å²) in [5.41, 5.74) is 1.44. The van der Waals surface area contributed by atoms with Gasteiger partial charge in [-0.2, -0.15) is 0 Å². The van der Waals surface area contributed by atoms with Crippen LogP contribution in [0.3, 0.4) is 0 Å². The first-order chi connectivity index (χ1) is 7.96. The zero-order chi connectivity index (χ0) is 12.5. The Kier molecular flexibility index (Phi) is 3.69.